The van der Waals surface area contributed by atoms with Crippen LogP contribution in [-0.2, 0) is 9.53 Å². The lowest BCUT2D eigenvalue weighted by Gasteiger charge is -2.22. The van der Waals surface area contributed by atoms with E-state index in [2.05, 4.69) is 12.2 Å². The molecule has 1 atom stereocenters. The Morgan fingerprint density at radius 2 is 2.36 bits per heavy atom. The molecule has 0 aromatic carbocycles. The molecule has 0 aliphatic carbocycles. The third-order valence-electron chi connectivity index (χ3n) is 2.52. The van der Waals surface area contributed by atoms with Crippen LogP contribution in [0.1, 0.15) is 39.0 Å². The van der Waals surface area contributed by atoms with Gasteiger partial charge in [-0.25, -0.2) is 0 Å². The molecule has 3 nitrogen and oxygen atoms in total. The van der Waals surface area contributed by atoms with Crippen LogP contribution in [-0.4, -0.2) is 31.6 Å². The molecule has 0 bridgehead atoms. The molecule has 14 heavy (non-hydrogen) atoms. The van der Waals surface area contributed by atoms with Gasteiger partial charge in [0.1, 0.15) is 5.78 Å². The molecule has 3 heteroatoms. The van der Waals surface area contributed by atoms with E-state index in [9.17, 15) is 4.79 Å². The van der Waals surface area contributed by atoms with Gasteiger partial charge in [0, 0.05) is 25.9 Å². The van der Waals surface area contributed by atoms with Crippen molar-refractivity contribution in [3.63, 3.8) is 0 Å². The third-order valence-corrected chi connectivity index (χ3v) is 2.52. The summed E-state index contributed by atoms with van der Waals surface area (Å²) in [4.78, 5) is 11.5. The predicted octanol–water partition coefficient (Wildman–Crippen LogP) is 1.51. The SMILES string of the molecule is CCCCCC(=O)CC1CNCCO1. The summed E-state index contributed by atoms with van der Waals surface area (Å²) in [5, 5.41) is 3.23. The number of morpholine rings is 1. The number of hydrogen-bond donors (Lipinski definition) is 1. The van der Waals surface area contributed by atoms with E-state index in [1.165, 1.54) is 6.42 Å². The molecule has 82 valence electrons. The summed E-state index contributed by atoms with van der Waals surface area (Å²) >= 11 is 0. The first-order valence-electron chi connectivity index (χ1n) is 5.67. The Labute approximate surface area is 86.2 Å². The predicted molar refractivity (Wildman–Crippen MR) is 56.4 cm³/mol. The van der Waals surface area contributed by atoms with E-state index >= 15 is 0 Å². The summed E-state index contributed by atoms with van der Waals surface area (Å²) in [6.45, 7) is 4.64. The van der Waals surface area contributed by atoms with Gasteiger partial charge in [0.25, 0.3) is 0 Å². The number of rotatable bonds is 6. The van der Waals surface area contributed by atoms with E-state index < -0.39 is 0 Å². The van der Waals surface area contributed by atoms with E-state index in [4.69, 9.17) is 4.74 Å². The van der Waals surface area contributed by atoms with Crippen LogP contribution in [0.15, 0.2) is 0 Å². The maximum absolute atomic E-state index is 11.5. The smallest absolute Gasteiger partial charge is 0.135 e. The van der Waals surface area contributed by atoms with Gasteiger partial charge in [0.15, 0.2) is 0 Å². The molecule has 1 fully saturated rings. The Morgan fingerprint density at radius 1 is 1.50 bits per heavy atom. The van der Waals surface area contributed by atoms with Crippen molar-refractivity contribution in [1.82, 2.24) is 5.32 Å². The largest absolute Gasteiger partial charge is 0.375 e. The first kappa shape index (κ1) is 11.7. The molecule has 1 N–H and O–H groups in total. The molecule has 1 aliphatic heterocycles. The minimum Gasteiger partial charge on any atom is -0.375 e. The molecule has 1 aliphatic rings. The summed E-state index contributed by atoms with van der Waals surface area (Å²) in [6.07, 6.45) is 4.82. The van der Waals surface area contributed by atoms with Crippen LogP contribution in [0.5, 0.6) is 0 Å². The Balaban J connectivity index is 2.06. The van der Waals surface area contributed by atoms with Gasteiger partial charge >= 0.3 is 0 Å². The Morgan fingerprint density at radius 3 is 3.00 bits per heavy atom. The van der Waals surface area contributed by atoms with E-state index in [0.29, 0.717) is 12.2 Å². The lowest BCUT2D eigenvalue weighted by Crippen LogP contribution is -2.39. The van der Waals surface area contributed by atoms with Crippen LogP contribution >= 0.6 is 0 Å². The van der Waals surface area contributed by atoms with Crippen LogP contribution < -0.4 is 5.32 Å². The fourth-order valence-corrected chi connectivity index (χ4v) is 1.68. The average molecular weight is 199 g/mol. The summed E-state index contributed by atoms with van der Waals surface area (Å²) in [5.41, 5.74) is 0. The molecule has 0 aromatic rings. The van der Waals surface area contributed by atoms with Gasteiger partial charge in [-0.05, 0) is 6.42 Å². The first-order chi connectivity index (χ1) is 6.83. The Hall–Kier alpha value is -0.410. The van der Waals surface area contributed by atoms with Gasteiger partial charge in [0.05, 0.1) is 12.7 Å². The molecule has 1 saturated heterocycles. The zero-order chi connectivity index (χ0) is 10.2. The number of ether oxygens (including phenoxy) is 1. The number of unbranched alkanes of at least 4 members (excludes halogenated alkanes) is 2. The molecular weight excluding hydrogens is 178 g/mol. The van der Waals surface area contributed by atoms with Gasteiger partial charge in [-0.1, -0.05) is 19.8 Å². The fraction of sp³-hybridized carbons (Fsp3) is 0.909. The van der Waals surface area contributed by atoms with Crippen LogP contribution in [0.4, 0.5) is 0 Å². The number of nitrogens with one attached hydrogen (secondary N) is 1. The second-order valence-electron chi connectivity index (χ2n) is 3.90. The Kier molecular flexibility index (Phi) is 5.80. The summed E-state index contributed by atoms with van der Waals surface area (Å²) in [5.74, 6) is 0.354. The Bertz CT molecular complexity index is 165. The van der Waals surface area contributed by atoms with Gasteiger partial charge < -0.3 is 10.1 Å². The minimum atomic E-state index is 0.123. The third kappa shape index (κ3) is 4.72. The van der Waals surface area contributed by atoms with E-state index in [-0.39, 0.29) is 6.10 Å². The normalized spacial score (nSPS) is 22.2. The van der Waals surface area contributed by atoms with Gasteiger partial charge in [-0.2, -0.15) is 0 Å². The van der Waals surface area contributed by atoms with Crippen molar-refractivity contribution >= 4 is 5.78 Å². The van der Waals surface area contributed by atoms with E-state index in [1.54, 1.807) is 0 Å². The topological polar surface area (TPSA) is 38.3 Å². The van der Waals surface area contributed by atoms with Gasteiger partial charge in [0.2, 0.25) is 0 Å². The molecule has 0 spiro atoms. The highest BCUT2D eigenvalue weighted by atomic mass is 16.5. The van der Waals surface area contributed by atoms with E-state index in [1.807, 2.05) is 0 Å². The van der Waals surface area contributed by atoms with Gasteiger partial charge in [-0.15, -0.1) is 0 Å². The number of carbonyl (C=O) groups excluding carboxylic acids is 1. The number of Topliss-reactive ketones (excluding diaryl/α,β-unsaturated/α-hetero) is 1. The molecular formula is C11H21NO2. The molecule has 0 amide bonds. The molecule has 0 aromatic heterocycles. The summed E-state index contributed by atoms with van der Waals surface area (Å²) in [7, 11) is 0. The highest BCUT2D eigenvalue weighted by Crippen LogP contribution is 2.07. The molecule has 1 unspecified atom stereocenters. The zero-order valence-electron chi connectivity index (χ0n) is 9.05. The summed E-state index contributed by atoms with van der Waals surface area (Å²) < 4.78 is 5.47. The molecule has 1 rings (SSSR count). The van der Waals surface area contributed by atoms with Crippen LogP contribution in [0.25, 0.3) is 0 Å². The van der Waals surface area contributed by atoms with Crippen molar-refractivity contribution in [3.05, 3.63) is 0 Å². The highest BCUT2D eigenvalue weighted by Gasteiger charge is 2.16. The standard InChI is InChI=1S/C11H21NO2/c1-2-3-4-5-10(13)8-11-9-12-6-7-14-11/h11-12H,2-9H2,1H3. The number of carbonyl (C=O) groups is 1. The second-order valence-corrected chi connectivity index (χ2v) is 3.90. The maximum Gasteiger partial charge on any atom is 0.135 e. The average Bonchev–Trinajstić information content (AvgIpc) is 2.20. The lowest BCUT2D eigenvalue weighted by atomic mass is 10.1. The maximum atomic E-state index is 11.5. The monoisotopic (exact) mass is 199 g/mol. The minimum absolute atomic E-state index is 0.123. The lowest BCUT2D eigenvalue weighted by molar-refractivity contribution is -0.122. The van der Waals surface area contributed by atoms with Crippen LogP contribution in [0.3, 0.4) is 0 Å². The second kappa shape index (κ2) is 6.96. The van der Waals surface area contributed by atoms with Crippen LogP contribution in [0.2, 0.25) is 0 Å². The molecule has 0 radical (unpaired) electrons. The molecule has 1 heterocycles. The highest BCUT2D eigenvalue weighted by molar-refractivity contribution is 5.78. The van der Waals surface area contributed by atoms with Crippen molar-refractivity contribution in [1.29, 1.82) is 0 Å². The van der Waals surface area contributed by atoms with Crippen molar-refractivity contribution in [2.75, 3.05) is 19.7 Å². The fourth-order valence-electron chi connectivity index (χ4n) is 1.68. The van der Waals surface area contributed by atoms with Crippen LogP contribution in [0, 0.1) is 0 Å². The van der Waals surface area contributed by atoms with Gasteiger partial charge in [-0.3, -0.25) is 4.79 Å². The first-order valence-corrected chi connectivity index (χ1v) is 5.67. The van der Waals surface area contributed by atoms with Crippen molar-refractivity contribution < 1.29 is 9.53 Å². The quantitative estimate of drug-likeness (QED) is 0.659. The molecule has 0 saturated carbocycles. The van der Waals surface area contributed by atoms with Crippen molar-refractivity contribution in [3.8, 4) is 0 Å². The van der Waals surface area contributed by atoms with Crippen molar-refractivity contribution in [2.24, 2.45) is 0 Å². The van der Waals surface area contributed by atoms with E-state index in [0.717, 1.165) is 39.0 Å². The zero-order valence-corrected chi connectivity index (χ0v) is 9.05. The van der Waals surface area contributed by atoms with Crippen molar-refractivity contribution in [2.45, 2.75) is 45.1 Å². The number of ketones is 1. The number of hydrogen-bond acceptors (Lipinski definition) is 3. The summed E-state index contributed by atoms with van der Waals surface area (Å²) in [6, 6.07) is 0.